The first-order valence-electron chi connectivity index (χ1n) is 5.94. The van der Waals surface area contributed by atoms with Crippen LogP contribution in [0, 0.1) is 12.7 Å². The van der Waals surface area contributed by atoms with Gasteiger partial charge in [-0.2, -0.15) is 0 Å². The molecular weight excluding hydrogens is 311 g/mol. The van der Waals surface area contributed by atoms with Crippen LogP contribution in [0.1, 0.15) is 23.0 Å². The molecule has 0 radical (unpaired) electrons. The van der Waals surface area contributed by atoms with E-state index in [1.165, 1.54) is 6.07 Å². The molecule has 1 aromatic heterocycles. The van der Waals surface area contributed by atoms with Crippen molar-refractivity contribution in [2.45, 2.75) is 20.4 Å². The van der Waals surface area contributed by atoms with E-state index in [-0.39, 0.29) is 11.6 Å². The van der Waals surface area contributed by atoms with E-state index in [2.05, 4.69) is 21.2 Å². The molecule has 0 bridgehead atoms. The Kier molecular flexibility index (Phi) is 4.04. The Labute approximate surface area is 119 Å². The molecule has 0 spiro atoms. The number of hydrogen-bond donors (Lipinski definition) is 1. The predicted octanol–water partition coefficient (Wildman–Crippen LogP) is 3.97. The molecule has 19 heavy (non-hydrogen) atoms. The highest BCUT2D eigenvalue weighted by molar-refractivity contribution is 9.10. The first kappa shape index (κ1) is 13.8. The zero-order valence-corrected chi connectivity index (χ0v) is 12.3. The van der Waals surface area contributed by atoms with E-state index < -0.39 is 5.82 Å². The predicted molar refractivity (Wildman–Crippen MR) is 76.9 cm³/mol. The quantitative estimate of drug-likeness (QED) is 0.910. The van der Waals surface area contributed by atoms with Crippen molar-refractivity contribution < 1.29 is 9.18 Å². The van der Waals surface area contributed by atoms with Crippen LogP contribution in [-0.4, -0.2) is 10.5 Å². The first-order chi connectivity index (χ1) is 9.01. The summed E-state index contributed by atoms with van der Waals surface area (Å²) >= 11 is 3.33. The summed E-state index contributed by atoms with van der Waals surface area (Å²) in [4.78, 5) is 12.1. The van der Waals surface area contributed by atoms with Crippen molar-refractivity contribution in [1.29, 1.82) is 0 Å². The van der Waals surface area contributed by atoms with Crippen LogP contribution in [0.25, 0.3) is 0 Å². The van der Waals surface area contributed by atoms with Gasteiger partial charge in [-0.05, 0) is 53.5 Å². The monoisotopic (exact) mass is 324 g/mol. The lowest BCUT2D eigenvalue weighted by molar-refractivity contribution is 0.101. The minimum atomic E-state index is -0.429. The standard InChI is InChI=1S/C14H14BrFN2O/c1-3-18-8-10(15)7-13(18)14(19)17-12-5-4-9(2)6-11(12)16/h4-8H,3H2,1-2H3,(H,17,19). The van der Waals surface area contributed by atoms with Crippen LogP contribution in [0.15, 0.2) is 34.9 Å². The summed E-state index contributed by atoms with van der Waals surface area (Å²) in [6.45, 7) is 4.41. The number of nitrogens with one attached hydrogen (secondary N) is 1. The maximum Gasteiger partial charge on any atom is 0.272 e. The topological polar surface area (TPSA) is 34.0 Å². The summed E-state index contributed by atoms with van der Waals surface area (Å²) in [7, 11) is 0. The van der Waals surface area contributed by atoms with Gasteiger partial charge in [-0.25, -0.2) is 4.39 Å². The third-order valence-electron chi connectivity index (χ3n) is 2.81. The SMILES string of the molecule is CCn1cc(Br)cc1C(=O)Nc1ccc(C)cc1F. The second-order valence-electron chi connectivity index (χ2n) is 4.27. The normalized spacial score (nSPS) is 10.5. The van der Waals surface area contributed by atoms with Crippen molar-refractivity contribution in [2.75, 3.05) is 5.32 Å². The molecule has 0 aliphatic rings. The Balaban J connectivity index is 2.25. The van der Waals surface area contributed by atoms with Gasteiger partial charge in [0, 0.05) is 17.2 Å². The summed E-state index contributed by atoms with van der Waals surface area (Å²) in [5.74, 6) is -0.752. The number of halogens is 2. The summed E-state index contributed by atoms with van der Waals surface area (Å²) in [5.41, 5.74) is 1.50. The molecule has 0 fully saturated rings. The highest BCUT2D eigenvalue weighted by atomic mass is 79.9. The molecule has 1 heterocycles. The Morgan fingerprint density at radius 2 is 2.16 bits per heavy atom. The molecule has 2 aromatic rings. The van der Waals surface area contributed by atoms with Crippen molar-refractivity contribution >= 4 is 27.5 Å². The zero-order valence-electron chi connectivity index (χ0n) is 10.7. The molecule has 0 saturated heterocycles. The van der Waals surface area contributed by atoms with E-state index in [1.807, 2.05) is 13.1 Å². The Morgan fingerprint density at radius 1 is 1.42 bits per heavy atom. The molecule has 100 valence electrons. The number of aryl methyl sites for hydroxylation is 2. The lowest BCUT2D eigenvalue weighted by Crippen LogP contribution is -2.17. The number of benzene rings is 1. The van der Waals surface area contributed by atoms with Crippen LogP contribution < -0.4 is 5.32 Å². The molecular formula is C14H14BrFN2O. The van der Waals surface area contributed by atoms with Crippen LogP contribution >= 0.6 is 15.9 Å². The maximum atomic E-state index is 13.7. The summed E-state index contributed by atoms with van der Waals surface area (Å²) in [6, 6.07) is 6.43. The third-order valence-corrected chi connectivity index (χ3v) is 3.24. The van der Waals surface area contributed by atoms with Gasteiger partial charge in [0.05, 0.1) is 5.69 Å². The second kappa shape index (κ2) is 5.57. The maximum absolute atomic E-state index is 13.7. The first-order valence-corrected chi connectivity index (χ1v) is 6.73. The van der Waals surface area contributed by atoms with Crippen molar-refractivity contribution in [3.63, 3.8) is 0 Å². The number of hydrogen-bond acceptors (Lipinski definition) is 1. The van der Waals surface area contributed by atoms with Crippen molar-refractivity contribution in [3.05, 3.63) is 52.0 Å². The molecule has 0 atom stereocenters. The van der Waals surface area contributed by atoms with Gasteiger partial charge in [0.25, 0.3) is 5.91 Å². The second-order valence-corrected chi connectivity index (χ2v) is 5.18. The van der Waals surface area contributed by atoms with Crippen LogP contribution in [0.5, 0.6) is 0 Å². The molecule has 0 unspecified atom stereocenters. The van der Waals surface area contributed by atoms with Gasteiger partial charge < -0.3 is 9.88 Å². The minimum absolute atomic E-state index is 0.190. The Hall–Kier alpha value is -1.62. The molecule has 0 aliphatic heterocycles. The summed E-state index contributed by atoms with van der Waals surface area (Å²) in [6.07, 6.45) is 1.82. The van der Waals surface area contributed by atoms with Crippen molar-refractivity contribution in [3.8, 4) is 0 Å². The molecule has 5 heteroatoms. The van der Waals surface area contributed by atoms with E-state index in [4.69, 9.17) is 0 Å². The van der Waals surface area contributed by atoms with E-state index in [0.717, 1.165) is 10.0 Å². The molecule has 0 saturated carbocycles. The number of anilines is 1. The highest BCUT2D eigenvalue weighted by Gasteiger charge is 2.14. The average Bonchev–Trinajstić information content (AvgIpc) is 2.74. The number of carbonyl (C=O) groups excluding carboxylic acids is 1. The molecule has 0 aliphatic carbocycles. The molecule has 1 N–H and O–H groups in total. The van der Waals surface area contributed by atoms with Gasteiger partial charge in [-0.1, -0.05) is 6.07 Å². The van der Waals surface area contributed by atoms with E-state index in [0.29, 0.717) is 12.2 Å². The third kappa shape index (κ3) is 3.04. The number of rotatable bonds is 3. The van der Waals surface area contributed by atoms with Crippen LogP contribution in [-0.2, 0) is 6.54 Å². The molecule has 1 amide bonds. The molecule has 1 aromatic carbocycles. The van der Waals surface area contributed by atoms with Gasteiger partial charge in [0.15, 0.2) is 0 Å². The number of amides is 1. The highest BCUT2D eigenvalue weighted by Crippen LogP contribution is 2.19. The molecule has 2 rings (SSSR count). The van der Waals surface area contributed by atoms with Gasteiger partial charge in [-0.3, -0.25) is 4.79 Å². The fraction of sp³-hybridized carbons (Fsp3) is 0.214. The number of aromatic nitrogens is 1. The zero-order chi connectivity index (χ0) is 14.0. The van der Waals surface area contributed by atoms with E-state index in [1.54, 1.807) is 29.7 Å². The largest absolute Gasteiger partial charge is 0.343 e. The van der Waals surface area contributed by atoms with Crippen molar-refractivity contribution in [2.24, 2.45) is 0 Å². The van der Waals surface area contributed by atoms with Crippen LogP contribution in [0.2, 0.25) is 0 Å². The van der Waals surface area contributed by atoms with Crippen molar-refractivity contribution in [1.82, 2.24) is 4.57 Å². The van der Waals surface area contributed by atoms with Gasteiger partial charge in [0.1, 0.15) is 11.5 Å². The summed E-state index contributed by atoms with van der Waals surface area (Å²) < 4.78 is 16.3. The summed E-state index contributed by atoms with van der Waals surface area (Å²) in [5, 5.41) is 2.59. The lowest BCUT2D eigenvalue weighted by atomic mass is 10.2. The fourth-order valence-corrected chi connectivity index (χ4v) is 2.30. The van der Waals surface area contributed by atoms with E-state index in [9.17, 15) is 9.18 Å². The average molecular weight is 325 g/mol. The fourth-order valence-electron chi connectivity index (χ4n) is 1.83. The van der Waals surface area contributed by atoms with Crippen LogP contribution in [0.4, 0.5) is 10.1 Å². The minimum Gasteiger partial charge on any atom is -0.343 e. The van der Waals surface area contributed by atoms with Gasteiger partial charge in [0.2, 0.25) is 0 Å². The Morgan fingerprint density at radius 3 is 2.79 bits per heavy atom. The lowest BCUT2D eigenvalue weighted by Gasteiger charge is -2.08. The van der Waals surface area contributed by atoms with Crippen LogP contribution in [0.3, 0.4) is 0 Å². The number of carbonyl (C=O) groups is 1. The smallest absolute Gasteiger partial charge is 0.272 e. The van der Waals surface area contributed by atoms with E-state index >= 15 is 0 Å². The molecule has 3 nitrogen and oxygen atoms in total. The van der Waals surface area contributed by atoms with Gasteiger partial charge >= 0.3 is 0 Å². The Bertz CT molecular complexity index is 622. The van der Waals surface area contributed by atoms with Gasteiger partial charge in [-0.15, -0.1) is 0 Å². The number of nitrogens with zero attached hydrogens (tertiary/aromatic N) is 1.